The number of hydrogen-bond acceptors (Lipinski definition) is 3. The molecule has 0 spiro atoms. The van der Waals surface area contributed by atoms with Crippen LogP contribution in [0.5, 0.6) is 0 Å². The first-order chi connectivity index (χ1) is 8.16. The van der Waals surface area contributed by atoms with Crippen molar-refractivity contribution in [1.29, 1.82) is 0 Å². The van der Waals surface area contributed by atoms with Gasteiger partial charge in [-0.15, -0.1) is 0 Å². The Morgan fingerprint density at radius 1 is 1.35 bits per heavy atom. The quantitative estimate of drug-likeness (QED) is 0.753. The maximum absolute atomic E-state index is 11.9. The van der Waals surface area contributed by atoms with Crippen molar-refractivity contribution in [3.63, 3.8) is 0 Å². The van der Waals surface area contributed by atoms with E-state index in [0.29, 0.717) is 12.8 Å². The minimum absolute atomic E-state index is 0.138. The summed E-state index contributed by atoms with van der Waals surface area (Å²) in [6.07, 6.45) is 6.45. The van der Waals surface area contributed by atoms with Crippen molar-refractivity contribution in [1.82, 2.24) is 14.5 Å². The standard InChI is InChI=1S/C13H15N3O/c1-10-9-11(5-6-14-10)12(17)3-4-13-15-7-8-16(13)2/h5-9H,3-4H2,1-2H3. The van der Waals surface area contributed by atoms with Crippen LogP contribution in [0.4, 0.5) is 0 Å². The molecule has 0 aromatic carbocycles. The maximum atomic E-state index is 11.9. The fraction of sp³-hybridized carbons (Fsp3) is 0.308. The third kappa shape index (κ3) is 2.78. The van der Waals surface area contributed by atoms with Gasteiger partial charge in [0.1, 0.15) is 5.82 Å². The molecule has 0 aliphatic rings. The summed E-state index contributed by atoms with van der Waals surface area (Å²) >= 11 is 0. The van der Waals surface area contributed by atoms with Crippen LogP contribution in [0.25, 0.3) is 0 Å². The number of aromatic nitrogens is 3. The Hall–Kier alpha value is -1.97. The Balaban J connectivity index is 2.01. The highest BCUT2D eigenvalue weighted by molar-refractivity contribution is 5.96. The second-order valence-corrected chi connectivity index (χ2v) is 4.06. The van der Waals surface area contributed by atoms with E-state index < -0.39 is 0 Å². The molecule has 0 saturated carbocycles. The SMILES string of the molecule is Cc1cc(C(=O)CCc2nccn2C)ccn1. The van der Waals surface area contributed by atoms with Crippen molar-refractivity contribution >= 4 is 5.78 Å². The molecule has 2 aromatic rings. The van der Waals surface area contributed by atoms with Crippen molar-refractivity contribution in [2.45, 2.75) is 19.8 Å². The molecule has 4 heteroatoms. The highest BCUT2D eigenvalue weighted by Crippen LogP contribution is 2.07. The molecule has 0 aliphatic carbocycles. The number of Topliss-reactive ketones (excluding diaryl/α,β-unsaturated/α-hetero) is 1. The van der Waals surface area contributed by atoms with Gasteiger partial charge >= 0.3 is 0 Å². The van der Waals surface area contributed by atoms with Crippen LogP contribution >= 0.6 is 0 Å². The zero-order valence-electron chi connectivity index (χ0n) is 10.1. The van der Waals surface area contributed by atoms with Crippen molar-refractivity contribution in [3.8, 4) is 0 Å². The van der Waals surface area contributed by atoms with Gasteiger partial charge in [0.15, 0.2) is 5.78 Å². The molecule has 0 N–H and O–H groups in total. The highest BCUT2D eigenvalue weighted by atomic mass is 16.1. The molecule has 17 heavy (non-hydrogen) atoms. The number of carbonyl (C=O) groups excluding carboxylic acids is 1. The fourth-order valence-electron chi connectivity index (χ4n) is 1.73. The number of nitrogens with zero attached hydrogens (tertiary/aromatic N) is 3. The summed E-state index contributed by atoms with van der Waals surface area (Å²) in [5, 5.41) is 0. The predicted molar refractivity (Wildman–Crippen MR) is 64.8 cm³/mol. The van der Waals surface area contributed by atoms with Gasteiger partial charge in [0.2, 0.25) is 0 Å². The Labute approximate surface area is 100 Å². The molecule has 0 amide bonds. The first-order valence-corrected chi connectivity index (χ1v) is 5.59. The van der Waals surface area contributed by atoms with E-state index in [1.807, 2.05) is 30.8 Å². The van der Waals surface area contributed by atoms with E-state index in [-0.39, 0.29) is 5.78 Å². The van der Waals surface area contributed by atoms with Crippen molar-refractivity contribution in [2.24, 2.45) is 7.05 Å². The van der Waals surface area contributed by atoms with Crippen molar-refractivity contribution in [3.05, 3.63) is 47.8 Å². The number of pyridine rings is 1. The molecule has 0 aliphatic heterocycles. The summed E-state index contributed by atoms with van der Waals surface area (Å²) in [6, 6.07) is 3.58. The Morgan fingerprint density at radius 2 is 2.18 bits per heavy atom. The molecular weight excluding hydrogens is 214 g/mol. The number of aryl methyl sites for hydroxylation is 3. The summed E-state index contributed by atoms with van der Waals surface area (Å²) in [7, 11) is 1.93. The number of ketones is 1. The van der Waals surface area contributed by atoms with Crippen LogP contribution in [0.15, 0.2) is 30.7 Å². The van der Waals surface area contributed by atoms with Crippen LogP contribution < -0.4 is 0 Å². The monoisotopic (exact) mass is 229 g/mol. The number of rotatable bonds is 4. The lowest BCUT2D eigenvalue weighted by atomic mass is 10.1. The molecule has 0 atom stereocenters. The van der Waals surface area contributed by atoms with Crippen LogP contribution in [0.3, 0.4) is 0 Å². The average molecular weight is 229 g/mol. The molecule has 0 bridgehead atoms. The summed E-state index contributed by atoms with van der Waals surface area (Å²) in [5.41, 5.74) is 1.60. The van der Waals surface area contributed by atoms with Gasteiger partial charge in [-0.1, -0.05) is 0 Å². The topological polar surface area (TPSA) is 47.8 Å². The molecule has 0 saturated heterocycles. The Bertz CT molecular complexity index is 531. The van der Waals surface area contributed by atoms with Gasteiger partial charge in [-0.25, -0.2) is 4.98 Å². The van der Waals surface area contributed by atoms with Gasteiger partial charge in [-0.3, -0.25) is 9.78 Å². The molecule has 2 rings (SSSR count). The van der Waals surface area contributed by atoms with Crippen molar-refractivity contribution < 1.29 is 4.79 Å². The fourth-order valence-corrected chi connectivity index (χ4v) is 1.73. The van der Waals surface area contributed by atoms with Gasteiger partial charge in [-0.05, 0) is 19.1 Å². The van der Waals surface area contributed by atoms with Crippen LogP contribution in [0.1, 0.15) is 28.3 Å². The molecule has 0 fully saturated rings. The Morgan fingerprint density at radius 3 is 2.82 bits per heavy atom. The zero-order valence-corrected chi connectivity index (χ0v) is 10.1. The van der Waals surface area contributed by atoms with Gasteiger partial charge in [0.05, 0.1) is 0 Å². The number of carbonyl (C=O) groups is 1. The normalized spacial score (nSPS) is 10.5. The minimum atomic E-state index is 0.138. The zero-order chi connectivity index (χ0) is 12.3. The van der Waals surface area contributed by atoms with Crippen LogP contribution in [-0.2, 0) is 13.5 Å². The van der Waals surface area contributed by atoms with Crippen LogP contribution in [0.2, 0.25) is 0 Å². The minimum Gasteiger partial charge on any atom is -0.338 e. The number of hydrogen-bond donors (Lipinski definition) is 0. The van der Waals surface area contributed by atoms with E-state index in [9.17, 15) is 4.79 Å². The summed E-state index contributed by atoms with van der Waals surface area (Å²) in [5.74, 6) is 1.07. The van der Waals surface area contributed by atoms with E-state index in [2.05, 4.69) is 9.97 Å². The van der Waals surface area contributed by atoms with Crippen LogP contribution in [-0.4, -0.2) is 20.3 Å². The van der Waals surface area contributed by atoms with E-state index >= 15 is 0 Å². The van der Waals surface area contributed by atoms with E-state index in [1.54, 1.807) is 18.5 Å². The molecule has 4 nitrogen and oxygen atoms in total. The summed E-state index contributed by atoms with van der Waals surface area (Å²) in [6.45, 7) is 1.88. The molecule has 2 heterocycles. The summed E-state index contributed by atoms with van der Waals surface area (Å²) in [4.78, 5) is 20.2. The third-order valence-electron chi connectivity index (χ3n) is 2.72. The predicted octanol–water partition coefficient (Wildman–Crippen LogP) is 1.94. The van der Waals surface area contributed by atoms with E-state index in [1.165, 1.54) is 0 Å². The molecule has 2 aromatic heterocycles. The largest absolute Gasteiger partial charge is 0.338 e. The molecule has 0 unspecified atom stereocenters. The lowest BCUT2D eigenvalue weighted by Gasteiger charge is -2.02. The second kappa shape index (κ2) is 4.91. The van der Waals surface area contributed by atoms with Crippen LogP contribution in [0, 0.1) is 6.92 Å². The van der Waals surface area contributed by atoms with E-state index in [0.717, 1.165) is 17.1 Å². The molecule has 0 radical (unpaired) electrons. The van der Waals surface area contributed by atoms with Gasteiger partial charge < -0.3 is 4.57 Å². The van der Waals surface area contributed by atoms with Crippen molar-refractivity contribution in [2.75, 3.05) is 0 Å². The highest BCUT2D eigenvalue weighted by Gasteiger charge is 2.08. The smallest absolute Gasteiger partial charge is 0.163 e. The van der Waals surface area contributed by atoms with Gasteiger partial charge in [0.25, 0.3) is 0 Å². The Kier molecular flexibility index (Phi) is 3.32. The number of imidazole rings is 1. The summed E-state index contributed by atoms with van der Waals surface area (Å²) < 4.78 is 1.94. The third-order valence-corrected chi connectivity index (χ3v) is 2.72. The molecule has 88 valence electrons. The second-order valence-electron chi connectivity index (χ2n) is 4.06. The first-order valence-electron chi connectivity index (χ1n) is 5.59. The lowest BCUT2D eigenvalue weighted by molar-refractivity contribution is 0.0982. The first kappa shape index (κ1) is 11.5. The maximum Gasteiger partial charge on any atom is 0.163 e. The van der Waals surface area contributed by atoms with Gasteiger partial charge in [-0.2, -0.15) is 0 Å². The van der Waals surface area contributed by atoms with Gasteiger partial charge in [0, 0.05) is 49.7 Å². The lowest BCUT2D eigenvalue weighted by Crippen LogP contribution is -2.05. The average Bonchev–Trinajstić information content (AvgIpc) is 2.72. The molecular formula is C13H15N3O. The van der Waals surface area contributed by atoms with E-state index in [4.69, 9.17) is 0 Å².